The van der Waals surface area contributed by atoms with Gasteiger partial charge < -0.3 is 20.0 Å². The van der Waals surface area contributed by atoms with E-state index < -0.39 is 35.7 Å². The minimum Gasteiger partial charge on any atom is -0.481 e. The summed E-state index contributed by atoms with van der Waals surface area (Å²) in [6, 6.07) is 7.36. The summed E-state index contributed by atoms with van der Waals surface area (Å²) in [4.78, 5) is 22.5. The molecule has 8 nitrogen and oxygen atoms in total. The number of nitrogens with two attached hydrogens (primary N) is 1. The van der Waals surface area contributed by atoms with Gasteiger partial charge in [-0.15, -0.1) is 0 Å². The summed E-state index contributed by atoms with van der Waals surface area (Å²) in [7, 11) is 0. The highest BCUT2D eigenvalue weighted by molar-refractivity contribution is 5.81. The van der Waals surface area contributed by atoms with Gasteiger partial charge in [0.05, 0.1) is 16.6 Å². The lowest BCUT2D eigenvalue weighted by Crippen LogP contribution is -2.31. The van der Waals surface area contributed by atoms with Crippen molar-refractivity contribution < 1.29 is 40.4 Å². The Morgan fingerprint density at radius 3 is 2.47 bits per heavy atom. The molecule has 4 aromatic rings. The number of carbonyl (C=O) groups excluding carboxylic acids is 1. The first-order valence-corrected chi connectivity index (χ1v) is 10.4. The first-order valence-electron chi connectivity index (χ1n) is 10.4. The first kappa shape index (κ1) is 25.0. The summed E-state index contributed by atoms with van der Waals surface area (Å²) in [5, 5.41) is 3.78. The Balaban J connectivity index is 1.62. The van der Waals surface area contributed by atoms with Crippen LogP contribution in [-0.2, 0) is 17.4 Å². The molecule has 1 atom stereocenters. The zero-order valence-corrected chi connectivity index (χ0v) is 18.4. The smallest absolute Gasteiger partial charge is 0.425 e. The summed E-state index contributed by atoms with van der Waals surface area (Å²) in [6.45, 7) is 0.606. The summed E-state index contributed by atoms with van der Waals surface area (Å²) in [5.74, 6) is -1.15. The molecule has 4 rings (SSSR count). The number of nitrogens with one attached hydrogen (secondary N) is 1. The second kappa shape index (κ2) is 9.17. The molecule has 0 bridgehead atoms. The average Bonchev–Trinajstić information content (AvgIpc) is 3.43. The number of hydrogen-bond acceptors (Lipinski definition) is 6. The van der Waals surface area contributed by atoms with Gasteiger partial charge in [-0.2, -0.15) is 31.3 Å². The van der Waals surface area contributed by atoms with Crippen LogP contribution in [0.15, 0.2) is 40.9 Å². The second-order valence-electron chi connectivity index (χ2n) is 7.82. The lowest BCUT2D eigenvalue weighted by atomic mass is 10.1. The summed E-state index contributed by atoms with van der Waals surface area (Å²) in [5.41, 5.74) is 5.20. The second-order valence-corrected chi connectivity index (χ2v) is 7.82. The van der Waals surface area contributed by atoms with Gasteiger partial charge in [0, 0.05) is 24.0 Å². The predicted octanol–water partition coefficient (Wildman–Crippen LogP) is 5.05. The number of fused-ring (bicyclic) bond motifs is 1. The van der Waals surface area contributed by atoms with Crippen molar-refractivity contribution in [3.63, 3.8) is 0 Å². The Kier molecular flexibility index (Phi) is 6.37. The van der Waals surface area contributed by atoms with E-state index in [0.717, 1.165) is 12.1 Å². The predicted molar refractivity (Wildman–Crippen MR) is 113 cm³/mol. The number of ether oxygens (including phenoxy) is 1. The van der Waals surface area contributed by atoms with E-state index in [1.165, 1.54) is 0 Å². The molecule has 2 heterocycles. The van der Waals surface area contributed by atoms with E-state index in [9.17, 15) is 31.1 Å². The lowest BCUT2D eigenvalue weighted by Gasteiger charge is -2.20. The summed E-state index contributed by atoms with van der Waals surface area (Å²) < 4.78 is 88.6. The van der Waals surface area contributed by atoms with E-state index in [0.29, 0.717) is 41.8 Å². The average molecular weight is 513 g/mol. The van der Waals surface area contributed by atoms with Crippen molar-refractivity contribution in [1.29, 1.82) is 0 Å². The molecule has 0 saturated carbocycles. The number of primary amides is 1. The molecule has 2 aromatic heterocycles. The van der Waals surface area contributed by atoms with E-state index >= 15 is 0 Å². The SMILES string of the molecule is CC(Oc1ccc(-c2nc(-c3ccc4[nH]c(CCC(N)=O)nc4c3)no2)cc1C(F)(F)F)C(F)(F)F. The normalized spacial score (nSPS) is 13.2. The van der Waals surface area contributed by atoms with Crippen molar-refractivity contribution >= 4 is 16.9 Å². The number of aromatic nitrogens is 4. The van der Waals surface area contributed by atoms with Crippen molar-refractivity contribution in [2.75, 3.05) is 0 Å². The first-order chi connectivity index (χ1) is 16.8. The Labute approximate surface area is 198 Å². The molecule has 0 aliphatic rings. The third kappa shape index (κ3) is 5.42. The largest absolute Gasteiger partial charge is 0.481 e. The molecule has 3 N–H and O–H groups in total. The summed E-state index contributed by atoms with van der Waals surface area (Å²) in [6.07, 6.45) is -11.9. The number of hydrogen-bond donors (Lipinski definition) is 2. The monoisotopic (exact) mass is 513 g/mol. The van der Waals surface area contributed by atoms with Gasteiger partial charge in [-0.3, -0.25) is 4.79 Å². The van der Waals surface area contributed by atoms with Gasteiger partial charge in [-0.1, -0.05) is 5.16 Å². The highest BCUT2D eigenvalue weighted by Gasteiger charge is 2.41. The van der Waals surface area contributed by atoms with Crippen molar-refractivity contribution in [1.82, 2.24) is 20.1 Å². The van der Waals surface area contributed by atoms with Crippen LogP contribution in [0.5, 0.6) is 5.75 Å². The van der Waals surface area contributed by atoms with Crippen LogP contribution in [0.2, 0.25) is 0 Å². The van der Waals surface area contributed by atoms with Gasteiger partial charge in [0.2, 0.25) is 11.7 Å². The maximum atomic E-state index is 13.5. The van der Waals surface area contributed by atoms with Gasteiger partial charge in [0.25, 0.3) is 5.89 Å². The molecular weight excluding hydrogens is 496 g/mol. The fourth-order valence-corrected chi connectivity index (χ4v) is 3.26. The molecule has 0 aliphatic carbocycles. The van der Waals surface area contributed by atoms with Crippen LogP contribution in [0, 0.1) is 0 Å². The Morgan fingerprint density at radius 2 is 1.81 bits per heavy atom. The Morgan fingerprint density at radius 1 is 1.08 bits per heavy atom. The van der Waals surface area contributed by atoms with Gasteiger partial charge in [-0.05, 0) is 43.3 Å². The van der Waals surface area contributed by atoms with Crippen molar-refractivity contribution in [3.05, 3.63) is 47.8 Å². The molecule has 1 unspecified atom stereocenters. The number of carbonyl (C=O) groups is 1. The number of halogens is 6. The number of amides is 1. The van der Waals surface area contributed by atoms with Crippen LogP contribution in [0.3, 0.4) is 0 Å². The van der Waals surface area contributed by atoms with Crippen molar-refractivity contribution in [2.45, 2.75) is 38.2 Å². The molecular formula is C22H17F6N5O3. The molecule has 2 aromatic carbocycles. The van der Waals surface area contributed by atoms with Gasteiger partial charge >= 0.3 is 12.4 Å². The fraction of sp³-hybridized carbons (Fsp3) is 0.273. The number of benzene rings is 2. The lowest BCUT2D eigenvalue weighted by molar-refractivity contribution is -0.191. The number of aryl methyl sites for hydroxylation is 1. The zero-order chi connectivity index (χ0) is 26.3. The standard InChI is InChI=1S/C22H17F6N5O3/c1-10(21(23,24)25)35-16-5-3-12(8-13(16)22(26,27)28)20-32-19(33-36-20)11-2-4-14-15(9-11)31-18(30-14)7-6-17(29)34/h2-5,8-10H,6-7H2,1H3,(H2,29,34)(H,30,31). The van der Waals surface area contributed by atoms with E-state index in [-0.39, 0.29) is 23.7 Å². The van der Waals surface area contributed by atoms with Crippen molar-refractivity contribution in [3.8, 4) is 28.6 Å². The highest BCUT2D eigenvalue weighted by atomic mass is 19.4. The van der Waals surface area contributed by atoms with Gasteiger partial charge in [0.15, 0.2) is 6.10 Å². The molecule has 0 radical (unpaired) electrons. The Bertz CT molecular complexity index is 1410. The molecule has 36 heavy (non-hydrogen) atoms. The molecule has 0 fully saturated rings. The topological polar surface area (TPSA) is 120 Å². The molecule has 1 amide bonds. The van der Waals surface area contributed by atoms with E-state index in [4.69, 9.17) is 10.3 Å². The third-order valence-corrected chi connectivity index (χ3v) is 5.12. The van der Waals surface area contributed by atoms with Gasteiger partial charge in [0.1, 0.15) is 11.6 Å². The minimum atomic E-state index is -5.00. The number of imidazole rings is 1. The molecule has 0 aliphatic heterocycles. The molecule has 0 spiro atoms. The molecule has 14 heteroatoms. The number of H-pyrrole nitrogens is 1. The van der Waals surface area contributed by atoms with Crippen LogP contribution in [0.4, 0.5) is 26.3 Å². The van der Waals surface area contributed by atoms with Gasteiger partial charge in [-0.25, -0.2) is 4.98 Å². The number of rotatable bonds is 7. The molecule has 0 saturated heterocycles. The maximum Gasteiger partial charge on any atom is 0.425 e. The summed E-state index contributed by atoms with van der Waals surface area (Å²) >= 11 is 0. The number of nitrogens with zero attached hydrogens (tertiary/aromatic N) is 3. The fourth-order valence-electron chi connectivity index (χ4n) is 3.26. The third-order valence-electron chi connectivity index (χ3n) is 5.12. The Hall–Kier alpha value is -4.10. The van der Waals surface area contributed by atoms with Crippen LogP contribution >= 0.6 is 0 Å². The van der Waals surface area contributed by atoms with Crippen LogP contribution in [-0.4, -0.2) is 38.3 Å². The maximum absolute atomic E-state index is 13.5. The van der Waals surface area contributed by atoms with Crippen LogP contribution in [0.1, 0.15) is 24.7 Å². The number of aromatic amines is 1. The van der Waals surface area contributed by atoms with E-state index in [1.54, 1.807) is 18.2 Å². The quantitative estimate of drug-likeness (QED) is 0.334. The number of alkyl halides is 6. The van der Waals surface area contributed by atoms with E-state index in [2.05, 4.69) is 24.8 Å². The highest BCUT2D eigenvalue weighted by Crippen LogP contribution is 2.40. The van der Waals surface area contributed by atoms with E-state index in [1.807, 2.05) is 0 Å². The van der Waals surface area contributed by atoms with Crippen LogP contribution in [0.25, 0.3) is 33.9 Å². The van der Waals surface area contributed by atoms with Crippen molar-refractivity contribution in [2.24, 2.45) is 5.73 Å². The minimum absolute atomic E-state index is 0.0492. The zero-order valence-electron chi connectivity index (χ0n) is 18.4. The molecule has 190 valence electrons. The van der Waals surface area contributed by atoms with Crippen LogP contribution < -0.4 is 10.5 Å².